The van der Waals surface area contributed by atoms with Gasteiger partial charge in [0.2, 0.25) is 0 Å². The third kappa shape index (κ3) is 4.10. The summed E-state index contributed by atoms with van der Waals surface area (Å²) >= 11 is 16.9. The minimum Gasteiger partial charge on any atom is -0.511 e. The molecule has 0 atom stereocenters. The molecule has 1 aromatic carbocycles. The van der Waals surface area contributed by atoms with Crippen LogP contribution in [0.3, 0.4) is 0 Å². The minimum atomic E-state index is -0.185. The van der Waals surface area contributed by atoms with Crippen LogP contribution < -0.4 is 5.32 Å². The van der Waals surface area contributed by atoms with Crippen LogP contribution in [0.2, 0.25) is 10.0 Å². The molecule has 0 saturated carbocycles. The molecule has 6 heteroatoms. The third-order valence-electron chi connectivity index (χ3n) is 2.32. The molecule has 100 valence electrons. The van der Waals surface area contributed by atoms with Gasteiger partial charge in [-0.1, -0.05) is 49.3 Å². The van der Waals surface area contributed by atoms with Crippen LogP contribution in [-0.2, 0) is 0 Å². The lowest BCUT2D eigenvalue weighted by Gasteiger charge is -2.12. The van der Waals surface area contributed by atoms with Gasteiger partial charge in [0, 0.05) is 10.9 Å². The van der Waals surface area contributed by atoms with Crippen LogP contribution >= 0.6 is 35.4 Å². The summed E-state index contributed by atoms with van der Waals surface area (Å²) in [7, 11) is 0. The van der Waals surface area contributed by atoms with Crippen LogP contribution in [0, 0.1) is 17.2 Å². The van der Waals surface area contributed by atoms with Crippen molar-refractivity contribution in [3.63, 3.8) is 0 Å². The molecule has 0 heterocycles. The summed E-state index contributed by atoms with van der Waals surface area (Å²) in [4.78, 5) is 0.123. The maximum absolute atomic E-state index is 9.82. The van der Waals surface area contributed by atoms with Gasteiger partial charge < -0.3 is 10.4 Å². The van der Waals surface area contributed by atoms with Gasteiger partial charge in [0.05, 0.1) is 10.7 Å². The van der Waals surface area contributed by atoms with Gasteiger partial charge in [-0.25, -0.2) is 0 Å². The van der Waals surface area contributed by atoms with Gasteiger partial charge >= 0.3 is 0 Å². The Kier molecular flexibility index (Phi) is 5.61. The summed E-state index contributed by atoms with van der Waals surface area (Å²) in [5, 5.41) is 22.6. The number of rotatable bonds is 3. The molecule has 1 rings (SSSR count). The predicted molar refractivity (Wildman–Crippen MR) is 82.8 cm³/mol. The van der Waals surface area contributed by atoms with Crippen molar-refractivity contribution in [2.24, 2.45) is 5.92 Å². The van der Waals surface area contributed by atoms with Crippen LogP contribution in [0.5, 0.6) is 0 Å². The van der Waals surface area contributed by atoms with Crippen LogP contribution in [0.15, 0.2) is 29.5 Å². The molecule has 0 amide bonds. The van der Waals surface area contributed by atoms with E-state index in [1.54, 1.807) is 32.0 Å². The Morgan fingerprint density at radius 1 is 1.42 bits per heavy atom. The molecule has 0 aliphatic carbocycles. The van der Waals surface area contributed by atoms with E-state index in [0.29, 0.717) is 15.7 Å². The summed E-state index contributed by atoms with van der Waals surface area (Å²) in [5.74, 6) is -0.236. The Bertz CT molecular complexity index is 576. The zero-order chi connectivity index (χ0) is 14.6. The molecule has 0 fully saturated rings. The first-order valence-corrected chi connectivity index (χ1v) is 6.62. The average Bonchev–Trinajstić information content (AvgIpc) is 2.33. The molecule has 0 aliphatic heterocycles. The van der Waals surface area contributed by atoms with E-state index < -0.39 is 0 Å². The Morgan fingerprint density at radius 3 is 2.53 bits per heavy atom. The number of hydrogen-bond donors (Lipinski definition) is 2. The number of nitrogens with zero attached hydrogens (tertiary/aromatic N) is 1. The van der Waals surface area contributed by atoms with E-state index in [2.05, 4.69) is 5.32 Å². The first-order chi connectivity index (χ1) is 8.86. The van der Waals surface area contributed by atoms with Crippen molar-refractivity contribution in [3.05, 3.63) is 39.6 Å². The number of benzene rings is 1. The number of hydrogen-bond acceptors (Lipinski definition) is 3. The van der Waals surface area contributed by atoms with Crippen molar-refractivity contribution in [2.45, 2.75) is 13.8 Å². The molecule has 0 aromatic heterocycles. The molecule has 0 aliphatic rings. The van der Waals surface area contributed by atoms with Crippen molar-refractivity contribution in [1.29, 1.82) is 5.26 Å². The number of aliphatic hydroxyl groups is 1. The Balaban J connectivity index is 3.03. The normalized spacial score (nSPS) is 11.8. The van der Waals surface area contributed by atoms with Crippen molar-refractivity contribution in [2.75, 3.05) is 5.32 Å². The first-order valence-electron chi connectivity index (χ1n) is 5.46. The molecule has 0 bridgehead atoms. The van der Waals surface area contributed by atoms with E-state index in [1.807, 2.05) is 6.07 Å². The van der Waals surface area contributed by atoms with E-state index in [9.17, 15) is 5.11 Å². The van der Waals surface area contributed by atoms with Gasteiger partial charge in [-0.2, -0.15) is 5.26 Å². The Morgan fingerprint density at radius 2 is 2.05 bits per heavy atom. The molecular formula is C13H12Cl2N2OS. The van der Waals surface area contributed by atoms with Gasteiger partial charge in [0.15, 0.2) is 0 Å². The average molecular weight is 315 g/mol. The monoisotopic (exact) mass is 314 g/mol. The molecule has 0 spiro atoms. The minimum absolute atomic E-state index is 0.0380. The second kappa shape index (κ2) is 6.76. The van der Waals surface area contributed by atoms with Gasteiger partial charge in [0.25, 0.3) is 0 Å². The van der Waals surface area contributed by atoms with Gasteiger partial charge in [-0.15, -0.1) is 0 Å². The molecule has 19 heavy (non-hydrogen) atoms. The largest absolute Gasteiger partial charge is 0.511 e. The molecule has 0 radical (unpaired) electrons. The van der Waals surface area contributed by atoms with Gasteiger partial charge in [-0.05, 0) is 18.2 Å². The fourth-order valence-electron chi connectivity index (χ4n) is 1.29. The second-order valence-corrected chi connectivity index (χ2v) is 5.36. The van der Waals surface area contributed by atoms with Gasteiger partial charge in [0.1, 0.15) is 22.4 Å². The van der Waals surface area contributed by atoms with E-state index in [0.717, 1.165) is 0 Å². The number of anilines is 1. The van der Waals surface area contributed by atoms with Crippen molar-refractivity contribution in [1.82, 2.24) is 0 Å². The summed E-state index contributed by atoms with van der Waals surface area (Å²) < 4.78 is 0. The quantitative estimate of drug-likeness (QED) is 0.367. The number of allylic oxidation sites excluding steroid dienone is 1. The summed E-state index contributed by atoms with van der Waals surface area (Å²) in [5.41, 5.74) is 0.566. The zero-order valence-corrected chi connectivity index (χ0v) is 12.7. The van der Waals surface area contributed by atoms with Crippen LogP contribution in [0.1, 0.15) is 13.8 Å². The lowest BCUT2D eigenvalue weighted by molar-refractivity contribution is 0.350. The molecule has 1 aromatic rings. The standard InChI is InChI=1S/C13H12Cl2N2OS/c1-7(2)12(18)9(6-16)13(19)17-11-4-3-8(14)5-10(11)15/h3-5,7,18H,1-2H3,(H,17,19)/b12-9-. The number of nitriles is 1. The lowest BCUT2D eigenvalue weighted by atomic mass is 10.1. The maximum Gasteiger partial charge on any atom is 0.125 e. The smallest absolute Gasteiger partial charge is 0.125 e. The number of thiocarbonyl (C=S) groups is 1. The molecule has 0 saturated heterocycles. The van der Waals surface area contributed by atoms with Crippen molar-refractivity contribution >= 4 is 46.1 Å². The van der Waals surface area contributed by atoms with E-state index in [-0.39, 0.29) is 22.2 Å². The maximum atomic E-state index is 9.82. The lowest BCUT2D eigenvalue weighted by Crippen LogP contribution is -2.15. The van der Waals surface area contributed by atoms with Crippen LogP contribution in [0.4, 0.5) is 5.69 Å². The van der Waals surface area contributed by atoms with Gasteiger partial charge in [-0.3, -0.25) is 0 Å². The Labute approximate surface area is 127 Å². The number of nitrogens with one attached hydrogen (secondary N) is 1. The third-order valence-corrected chi connectivity index (χ3v) is 3.18. The fourth-order valence-corrected chi connectivity index (χ4v) is 2.00. The number of aliphatic hydroxyl groups excluding tert-OH is 1. The number of halogens is 2. The Hall–Kier alpha value is -1.28. The van der Waals surface area contributed by atoms with E-state index >= 15 is 0 Å². The van der Waals surface area contributed by atoms with E-state index in [1.165, 1.54) is 0 Å². The first kappa shape index (κ1) is 15.8. The fraction of sp³-hybridized carbons (Fsp3) is 0.231. The van der Waals surface area contributed by atoms with Crippen LogP contribution in [-0.4, -0.2) is 10.1 Å². The summed E-state index contributed by atoms with van der Waals surface area (Å²) in [6.45, 7) is 3.54. The van der Waals surface area contributed by atoms with Crippen LogP contribution in [0.25, 0.3) is 0 Å². The topological polar surface area (TPSA) is 56.0 Å². The van der Waals surface area contributed by atoms with Crippen molar-refractivity contribution < 1.29 is 5.11 Å². The highest BCUT2D eigenvalue weighted by molar-refractivity contribution is 7.81. The molecular weight excluding hydrogens is 303 g/mol. The zero-order valence-electron chi connectivity index (χ0n) is 10.4. The second-order valence-electron chi connectivity index (χ2n) is 4.11. The SMILES string of the molecule is CC(C)/C(O)=C(\C#N)C(=S)Nc1ccc(Cl)cc1Cl. The molecule has 2 N–H and O–H groups in total. The van der Waals surface area contributed by atoms with E-state index in [4.69, 9.17) is 40.7 Å². The summed E-state index contributed by atoms with van der Waals surface area (Å²) in [6, 6.07) is 6.75. The molecule has 0 unspecified atom stereocenters. The predicted octanol–water partition coefficient (Wildman–Crippen LogP) is 4.72. The highest BCUT2D eigenvalue weighted by atomic mass is 35.5. The van der Waals surface area contributed by atoms with Crippen molar-refractivity contribution in [3.8, 4) is 6.07 Å². The highest BCUT2D eigenvalue weighted by Crippen LogP contribution is 2.26. The summed E-state index contributed by atoms with van der Waals surface area (Å²) in [6.07, 6.45) is 0. The molecule has 3 nitrogen and oxygen atoms in total. The highest BCUT2D eigenvalue weighted by Gasteiger charge is 2.15.